The van der Waals surface area contributed by atoms with Gasteiger partial charge in [0.15, 0.2) is 0 Å². The van der Waals surface area contributed by atoms with Gasteiger partial charge in [0.05, 0.1) is 0 Å². The molecular weight excluding hydrogens is 226 g/mol. The second-order valence-electron chi connectivity index (χ2n) is 5.01. The molecule has 102 valence electrons. The average Bonchev–Trinajstić information content (AvgIpc) is 2.32. The van der Waals surface area contributed by atoms with E-state index in [0.29, 0.717) is 11.9 Å². The molecule has 0 amide bonds. The number of rotatable bonds is 7. The molecule has 1 unspecified atom stereocenters. The van der Waals surface area contributed by atoms with Crippen LogP contribution in [0, 0.1) is 12.8 Å². The quantitative estimate of drug-likeness (QED) is 0.757. The topological polar surface area (TPSA) is 47.0 Å². The maximum absolute atomic E-state index is 5.69. The Hall–Kier alpha value is -1.16. The van der Waals surface area contributed by atoms with Crippen molar-refractivity contribution in [2.75, 3.05) is 6.54 Å². The molecule has 0 radical (unpaired) electrons. The minimum absolute atomic E-state index is 0.133. The van der Waals surface area contributed by atoms with Crippen LogP contribution < -0.4 is 10.1 Å². The third-order valence-corrected chi connectivity index (χ3v) is 3.03. The molecule has 0 aliphatic rings. The lowest BCUT2D eigenvalue weighted by Gasteiger charge is -2.17. The van der Waals surface area contributed by atoms with Crippen LogP contribution in [-0.2, 0) is 6.54 Å². The summed E-state index contributed by atoms with van der Waals surface area (Å²) in [6.07, 6.45) is 3.12. The summed E-state index contributed by atoms with van der Waals surface area (Å²) in [6.45, 7) is 12.3. The Bertz CT molecular complexity index is 366. The predicted octanol–water partition coefficient (Wildman–Crippen LogP) is 2.71. The van der Waals surface area contributed by atoms with Gasteiger partial charge in [0.1, 0.15) is 6.10 Å². The maximum Gasteiger partial charge on any atom is 0.316 e. The van der Waals surface area contributed by atoms with E-state index in [1.54, 1.807) is 0 Å². The summed E-state index contributed by atoms with van der Waals surface area (Å²) >= 11 is 0. The van der Waals surface area contributed by atoms with Gasteiger partial charge in [-0.15, -0.1) is 0 Å². The maximum atomic E-state index is 5.69. The van der Waals surface area contributed by atoms with Crippen LogP contribution in [0.3, 0.4) is 0 Å². The number of ether oxygens (including phenoxy) is 1. The van der Waals surface area contributed by atoms with Crippen molar-refractivity contribution in [2.24, 2.45) is 5.92 Å². The number of aryl methyl sites for hydroxylation is 1. The van der Waals surface area contributed by atoms with Crippen LogP contribution in [-0.4, -0.2) is 22.6 Å². The molecule has 0 spiro atoms. The van der Waals surface area contributed by atoms with Gasteiger partial charge < -0.3 is 10.1 Å². The zero-order chi connectivity index (χ0) is 13.5. The van der Waals surface area contributed by atoms with Gasteiger partial charge in [-0.2, -0.15) is 0 Å². The third-order valence-electron chi connectivity index (χ3n) is 3.03. The van der Waals surface area contributed by atoms with Crippen LogP contribution in [0.15, 0.2) is 6.20 Å². The van der Waals surface area contributed by atoms with Crippen molar-refractivity contribution in [3.05, 3.63) is 17.5 Å². The summed E-state index contributed by atoms with van der Waals surface area (Å²) in [6, 6.07) is 0.480. The van der Waals surface area contributed by atoms with Crippen LogP contribution in [0.2, 0.25) is 0 Å². The number of nitrogens with zero attached hydrogens (tertiary/aromatic N) is 2. The number of hydrogen-bond acceptors (Lipinski definition) is 4. The van der Waals surface area contributed by atoms with Gasteiger partial charge in [-0.3, -0.25) is 0 Å². The van der Waals surface area contributed by atoms with Gasteiger partial charge in [0.25, 0.3) is 0 Å². The van der Waals surface area contributed by atoms with E-state index in [2.05, 4.69) is 36.1 Å². The first kappa shape index (κ1) is 14.9. The highest BCUT2D eigenvalue weighted by molar-refractivity contribution is 5.17. The molecule has 0 fully saturated rings. The molecule has 0 saturated heterocycles. The van der Waals surface area contributed by atoms with E-state index in [1.165, 1.54) is 0 Å². The highest BCUT2D eigenvalue weighted by Gasteiger charge is 2.11. The standard InChI is InChI=1S/C14H25N3O/c1-6-7-15-8-13-9-16-14(17-11(13)4)18-12(5)10(2)3/h9-10,12,15H,6-8H2,1-5H3. The summed E-state index contributed by atoms with van der Waals surface area (Å²) in [5.74, 6) is 0.458. The first-order valence-corrected chi connectivity index (χ1v) is 6.74. The van der Waals surface area contributed by atoms with E-state index < -0.39 is 0 Å². The van der Waals surface area contributed by atoms with Crippen molar-refractivity contribution >= 4 is 0 Å². The van der Waals surface area contributed by atoms with E-state index >= 15 is 0 Å². The van der Waals surface area contributed by atoms with Crippen molar-refractivity contribution in [1.82, 2.24) is 15.3 Å². The summed E-state index contributed by atoms with van der Waals surface area (Å²) in [5, 5.41) is 3.35. The Balaban J connectivity index is 2.61. The second-order valence-corrected chi connectivity index (χ2v) is 5.01. The fourth-order valence-corrected chi connectivity index (χ4v) is 1.40. The number of aromatic nitrogens is 2. The van der Waals surface area contributed by atoms with Crippen molar-refractivity contribution in [1.29, 1.82) is 0 Å². The molecule has 0 bridgehead atoms. The SMILES string of the molecule is CCCNCc1cnc(OC(C)C(C)C)nc1C. The monoisotopic (exact) mass is 251 g/mol. The molecule has 0 aromatic carbocycles. The largest absolute Gasteiger partial charge is 0.460 e. The van der Waals surface area contributed by atoms with Crippen molar-refractivity contribution in [3.63, 3.8) is 0 Å². The molecule has 1 rings (SSSR count). The molecule has 4 heteroatoms. The molecule has 1 N–H and O–H groups in total. The number of hydrogen-bond donors (Lipinski definition) is 1. The molecule has 0 aliphatic heterocycles. The van der Waals surface area contributed by atoms with Gasteiger partial charge >= 0.3 is 6.01 Å². The van der Waals surface area contributed by atoms with Crippen molar-refractivity contribution < 1.29 is 4.74 Å². The van der Waals surface area contributed by atoms with E-state index in [4.69, 9.17) is 4.74 Å². The van der Waals surface area contributed by atoms with Crippen molar-refractivity contribution in [3.8, 4) is 6.01 Å². The fraction of sp³-hybridized carbons (Fsp3) is 0.714. The second kappa shape index (κ2) is 7.31. The molecule has 4 nitrogen and oxygen atoms in total. The Labute approximate surface area is 110 Å². The van der Waals surface area contributed by atoms with Crippen LogP contribution in [0.25, 0.3) is 0 Å². The molecule has 1 aromatic heterocycles. The lowest BCUT2D eigenvalue weighted by Crippen LogP contribution is -2.21. The van der Waals surface area contributed by atoms with Gasteiger partial charge in [-0.05, 0) is 32.7 Å². The van der Waals surface area contributed by atoms with Gasteiger partial charge in [0.2, 0.25) is 0 Å². The summed E-state index contributed by atoms with van der Waals surface area (Å²) in [7, 11) is 0. The first-order chi connectivity index (χ1) is 8.54. The zero-order valence-corrected chi connectivity index (χ0v) is 12.2. The first-order valence-electron chi connectivity index (χ1n) is 6.74. The molecule has 1 aromatic rings. The third kappa shape index (κ3) is 4.61. The molecule has 1 heterocycles. The van der Waals surface area contributed by atoms with Gasteiger partial charge in [-0.1, -0.05) is 20.8 Å². The smallest absolute Gasteiger partial charge is 0.316 e. The summed E-state index contributed by atoms with van der Waals surface area (Å²) < 4.78 is 5.69. The average molecular weight is 251 g/mol. The minimum Gasteiger partial charge on any atom is -0.460 e. The Morgan fingerprint density at radius 1 is 1.33 bits per heavy atom. The number of nitrogens with one attached hydrogen (secondary N) is 1. The fourth-order valence-electron chi connectivity index (χ4n) is 1.40. The van der Waals surface area contributed by atoms with E-state index in [1.807, 2.05) is 20.0 Å². The highest BCUT2D eigenvalue weighted by atomic mass is 16.5. The summed E-state index contributed by atoms with van der Waals surface area (Å²) in [4.78, 5) is 8.67. The molecule has 1 atom stereocenters. The Kier molecular flexibility index (Phi) is 6.05. The molecular formula is C14H25N3O. The van der Waals surface area contributed by atoms with E-state index in [9.17, 15) is 0 Å². The Morgan fingerprint density at radius 2 is 2.06 bits per heavy atom. The molecule has 0 saturated carbocycles. The molecule has 0 aliphatic carbocycles. The lowest BCUT2D eigenvalue weighted by molar-refractivity contribution is 0.155. The van der Waals surface area contributed by atoms with Crippen LogP contribution in [0.1, 0.15) is 45.4 Å². The minimum atomic E-state index is 0.133. The normalized spacial score (nSPS) is 12.8. The van der Waals surface area contributed by atoms with E-state index in [0.717, 1.165) is 30.8 Å². The van der Waals surface area contributed by atoms with Gasteiger partial charge in [0, 0.05) is 24.0 Å². The van der Waals surface area contributed by atoms with Crippen LogP contribution in [0.5, 0.6) is 6.01 Å². The zero-order valence-electron chi connectivity index (χ0n) is 12.2. The summed E-state index contributed by atoms with van der Waals surface area (Å²) in [5.41, 5.74) is 2.12. The predicted molar refractivity (Wildman–Crippen MR) is 73.7 cm³/mol. The lowest BCUT2D eigenvalue weighted by atomic mass is 10.1. The van der Waals surface area contributed by atoms with Crippen LogP contribution >= 0.6 is 0 Å². The highest BCUT2D eigenvalue weighted by Crippen LogP contribution is 2.13. The van der Waals surface area contributed by atoms with E-state index in [-0.39, 0.29) is 6.10 Å². The Morgan fingerprint density at radius 3 is 2.61 bits per heavy atom. The van der Waals surface area contributed by atoms with Crippen LogP contribution in [0.4, 0.5) is 0 Å². The van der Waals surface area contributed by atoms with Gasteiger partial charge in [-0.25, -0.2) is 9.97 Å². The van der Waals surface area contributed by atoms with Crippen molar-refractivity contribution in [2.45, 2.75) is 53.7 Å². The molecule has 18 heavy (non-hydrogen) atoms.